The molecule has 0 heterocycles. The van der Waals surface area contributed by atoms with E-state index in [0.29, 0.717) is 21.5 Å². The first kappa shape index (κ1) is 23.0. The van der Waals surface area contributed by atoms with Gasteiger partial charge in [-0.15, -0.1) is 0 Å². The summed E-state index contributed by atoms with van der Waals surface area (Å²) in [5, 5.41) is 9.46. The van der Waals surface area contributed by atoms with Crippen LogP contribution in [0, 0.1) is 5.82 Å². The molecule has 0 aliphatic carbocycles. The fraction of sp³-hybridized carbons (Fsp3) is 0.278. The molecule has 2 rings (SSSR count). The Morgan fingerprint density at radius 1 is 1.03 bits per heavy atom. The first-order valence-corrected chi connectivity index (χ1v) is 8.72. The number of carbonyl (C=O) groups is 1. The van der Waals surface area contributed by atoms with Gasteiger partial charge >= 0.3 is 18.4 Å². The molecule has 1 atom stereocenters. The van der Waals surface area contributed by atoms with Crippen molar-refractivity contribution in [2.24, 2.45) is 0 Å². The Hall–Kier alpha value is -2.30. The lowest BCUT2D eigenvalue weighted by Crippen LogP contribution is -2.32. The van der Waals surface area contributed by atoms with Gasteiger partial charge in [0, 0.05) is 11.0 Å². The molecule has 29 heavy (non-hydrogen) atoms. The summed E-state index contributed by atoms with van der Waals surface area (Å²) in [7, 11) is 0. The van der Waals surface area contributed by atoms with Crippen molar-refractivity contribution in [2.45, 2.75) is 31.9 Å². The van der Waals surface area contributed by atoms with Gasteiger partial charge in [-0.2, -0.15) is 26.3 Å². The van der Waals surface area contributed by atoms with Crippen LogP contribution in [0.15, 0.2) is 40.9 Å². The number of benzene rings is 2. The predicted molar refractivity (Wildman–Crippen MR) is 92.5 cm³/mol. The van der Waals surface area contributed by atoms with E-state index < -0.39 is 53.5 Å². The zero-order chi connectivity index (χ0) is 22.1. The molecular weight excluding hydrogens is 475 g/mol. The van der Waals surface area contributed by atoms with Gasteiger partial charge in [0.1, 0.15) is 5.82 Å². The van der Waals surface area contributed by atoms with E-state index in [2.05, 4.69) is 15.9 Å². The molecule has 1 amide bonds. The largest absolute Gasteiger partial charge is 0.465 e. The summed E-state index contributed by atoms with van der Waals surface area (Å²) in [6.07, 6.45) is -11.7. The monoisotopic (exact) mass is 487 g/mol. The highest BCUT2D eigenvalue weighted by molar-refractivity contribution is 9.10. The van der Waals surface area contributed by atoms with Crippen molar-refractivity contribution in [3.63, 3.8) is 0 Å². The Kier molecular flexibility index (Phi) is 6.51. The average molecular weight is 488 g/mol. The number of rotatable bonds is 4. The van der Waals surface area contributed by atoms with Gasteiger partial charge in [0.2, 0.25) is 0 Å². The molecule has 0 aliphatic heterocycles. The first-order chi connectivity index (χ1) is 13.2. The quantitative estimate of drug-likeness (QED) is 0.478. The van der Waals surface area contributed by atoms with Crippen LogP contribution in [0.2, 0.25) is 0 Å². The third kappa shape index (κ3) is 5.62. The molecule has 2 aromatic rings. The van der Waals surface area contributed by atoms with E-state index in [4.69, 9.17) is 0 Å². The molecule has 158 valence electrons. The number of halogens is 8. The summed E-state index contributed by atoms with van der Waals surface area (Å²) >= 11 is 3.13. The van der Waals surface area contributed by atoms with Crippen molar-refractivity contribution in [1.82, 2.24) is 4.90 Å². The Bertz CT molecular complexity index is 880. The summed E-state index contributed by atoms with van der Waals surface area (Å²) in [4.78, 5) is 12.3. The molecule has 3 nitrogen and oxygen atoms in total. The van der Waals surface area contributed by atoms with E-state index in [1.54, 1.807) is 0 Å². The normalized spacial score (nSPS) is 13.3. The molecule has 0 bridgehead atoms. The highest BCUT2D eigenvalue weighted by Gasteiger charge is 2.37. The molecule has 0 spiro atoms. The van der Waals surface area contributed by atoms with Gasteiger partial charge in [-0.3, -0.25) is 4.90 Å². The SMILES string of the molecule is CC(c1cc(F)ccc1Br)N(Cc1cc(C(F)(F)F)cc(C(F)(F)F)c1)C(=O)O. The summed E-state index contributed by atoms with van der Waals surface area (Å²) in [6.45, 7) is 0.568. The van der Waals surface area contributed by atoms with Crippen molar-refractivity contribution in [1.29, 1.82) is 0 Å². The minimum absolute atomic E-state index is 0.0405. The second kappa shape index (κ2) is 8.21. The second-order valence-electron chi connectivity index (χ2n) is 6.17. The lowest BCUT2D eigenvalue weighted by atomic mass is 10.0. The predicted octanol–water partition coefficient (Wildman–Crippen LogP) is 6.87. The van der Waals surface area contributed by atoms with Crippen molar-refractivity contribution < 1.29 is 40.6 Å². The summed E-state index contributed by atoms with van der Waals surface area (Å²) < 4.78 is 91.9. The molecule has 0 saturated carbocycles. The van der Waals surface area contributed by atoms with Crippen LogP contribution in [-0.2, 0) is 18.9 Å². The van der Waals surface area contributed by atoms with Gasteiger partial charge in [0.05, 0.1) is 17.2 Å². The molecule has 1 unspecified atom stereocenters. The van der Waals surface area contributed by atoms with Gasteiger partial charge in [0.15, 0.2) is 0 Å². The second-order valence-corrected chi connectivity index (χ2v) is 7.02. The maximum atomic E-state index is 13.5. The van der Waals surface area contributed by atoms with Crippen LogP contribution in [0.5, 0.6) is 0 Å². The Balaban J connectivity index is 2.50. The van der Waals surface area contributed by atoms with Gasteiger partial charge in [-0.25, -0.2) is 9.18 Å². The average Bonchev–Trinajstić information content (AvgIpc) is 2.59. The van der Waals surface area contributed by atoms with Gasteiger partial charge < -0.3 is 5.11 Å². The smallest absolute Gasteiger partial charge is 0.416 e. The third-order valence-corrected chi connectivity index (χ3v) is 4.84. The number of amides is 1. The number of hydrogen-bond acceptors (Lipinski definition) is 1. The fourth-order valence-electron chi connectivity index (χ4n) is 2.68. The molecule has 0 fully saturated rings. The zero-order valence-electron chi connectivity index (χ0n) is 14.6. The number of nitrogens with zero attached hydrogens (tertiary/aromatic N) is 1. The molecule has 11 heteroatoms. The zero-order valence-corrected chi connectivity index (χ0v) is 16.2. The molecule has 0 aromatic heterocycles. The van der Waals surface area contributed by atoms with Crippen LogP contribution in [-0.4, -0.2) is 16.1 Å². The maximum absolute atomic E-state index is 13.5. The van der Waals surface area contributed by atoms with E-state index in [0.717, 1.165) is 12.1 Å². The highest BCUT2D eigenvalue weighted by Crippen LogP contribution is 2.37. The van der Waals surface area contributed by atoms with Crippen LogP contribution in [0.1, 0.15) is 35.2 Å². The Labute approximate surface area is 168 Å². The molecule has 0 saturated heterocycles. The number of hydrogen-bond donors (Lipinski definition) is 1. The third-order valence-electron chi connectivity index (χ3n) is 4.12. The topological polar surface area (TPSA) is 40.5 Å². The molecule has 1 N–H and O–H groups in total. The lowest BCUT2D eigenvalue weighted by molar-refractivity contribution is -0.143. The van der Waals surface area contributed by atoms with E-state index in [-0.39, 0.29) is 11.6 Å². The van der Waals surface area contributed by atoms with Crippen LogP contribution >= 0.6 is 15.9 Å². The van der Waals surface area contributed by atoms with Crippen LogP contribution in [0.3, 0.4) is 0 Å². The lowest BCUT2D eigenvalue weighted by Gasteiger charge is -2.28. The number of alkyl halides is 6. The summed E-state index contributed by atoms with van der Waals surface area (Å²) in [6, 6.07) is 3.25. The van der Waals surface area contributed by atoms with Crippen LogP contribution < -0.4 is 0 Å². The fourth-order valence-corrected chi connectivity index (χ4v) is 3.26. The Morgan fingerprint density at radius 2 is 1.55 bits per heavy atom. The van der Waals surface area contributed by atoms with E-state index in [9.17, 15) is 40.6 Å². The van der Waals surface area contributed by atoms with E-state index >= 15 is 0 Å². The molecule has 0 radical (unpaired) electrons. The summed E-state index contributed by atoms with van der Waals surface area (Å²) in [5.74, 6) is -0.682. The van der Waals surface area contributed by atoms with Crippen LogP contribution in [0.25, 0.3) is 0 Å². The van der Waals surface area contributed by atoms with Crippen molar-refractivity contribution in [3.05, 3.63) is 68.9 Å². The Morgan fingerprint density at radius 3 is 2.00 bits per heavy atom. The number of carboxylic acid groups (broad SMARTS) is 1. The molecular formula is C18H13BrF7NO2. The first-order valence-electron chi connectivity index (χ1n) is 7.93. The summed E-state index contributed by atoms with van der Waals surface area (Å²) in [5.41, 5.74) is -3.44. The minimum Gasteiger partial charge on any atom is -0.465 e. The van der Waals surface area contributed by atoms with Gasteiger partial charge in [-0.1, -0.05) is 15.9 Å². The standard InChI is InChI=1S/C18H13BrF7NO2/c1-9(14-7-13(20)2-3-15(14)19)27(16(28)29)8-10-4-11(17(21,22)23)6-12(5-10)18(24,25)26/h2-7,9H,8H2,1H3,(H,28,29). The highest BCUT2D eigenvalue weighted by atomic mass is 79.9. The van der Waals surface area contributed by atoms with Gasteiger partial charge in [0.25, 0.3) is 0 Å². The maximum Gasteiger partial charge on any atom is 0.416 e. The van der Waals surface area contributed by atoms with Crippen LogP contribution in [0.4, 0.5) is 35.5 Å². The molecule has 0 aliphatic rings. The van der Waals surface area contributed by atoms with E-state index in [1.165, 1.54) is 13.0 Å². The van der Waals surface area contributed by atoms with Gasteiger partial charge in [-0.05, 0) is 54.4 Å². The minimum atomic E-state index is -5.05. The van der Waals surface area contributed by atoms with Crippen molar-refractivity contribution in [3.8, 4) is 0 Å². The van der Waals surface area contributed by atoms with E-state index in [1.807, 2.05) is 0 Å². The van der Waals surface area contributed by atoms with Crippen molar-refractivity contribution >= 4 is 22.0 Å². The molecule has 2 aromatic carbocycles. The van der Waals surface area contributed by atoms with Crippen molar-refractivity contribution in [2.75, 3.05) is 0 Å².